The van der Waals surface area contributed by atoms with Crippen molar-refractivity contribution in [3.63, 3.8) is 0 Å². The van der Waals surface area contributed by atoms with Crippen LogP contribution in [0.15, 0.2) is 22.8 Å². The molecule has 1 unspecified atom stereocenters. The van der Waals surface area contributed by atoms with Gasteiger partial charge in [0.1, 0.15) is 5.76 Å². The van der Waals surface area contributed by atoms with Crippen molar-refractivity contribution in [1.82, 2.24) is 10.2 Å². The molecule has 100 valence electrons. The Kier molecular flexibility index (Phi) is 4.38. The summed E-state index contributed by atoms with van der Waals surface area (Å²) in [6, 6.07) is 4.31. The van der Waals surface area contributed by atoms with Crippen LogP contribution >= 0.6 is 0 Å². The van der Waals surface area contributed by atoms with Crippen LogP contribution in [0, 0.1) is 0 Å². The lowest BCUT2D eigenvalue weighted by atomic mass is 10.0. The normalized spacial score (nSPS) is 19.7. The number of nitrogens with zero attached hydrogens (tertiary/aromatic N) is 1. The molecule has 5 heteroatoms. The van der Waals surface area contributed by atoms with Gasteiger partial charge in [0, 0.05) is 32.6 Å². The van der Waals surface area contributed by atoms with Crippen LogP contribution in [0.1, 0.15) is 31.6 Å². The molecule has 1 aliphatic heterocycles. The second-order valence-corrected chi connectivity index (χ2v) is 4.78. The molecule has 1 fully saturated rings. The van der Waals surface area contributed by atoms with Gasteiger partial charge in [-0.2, -0.15) is 0 Å². The molecule has 2 rings (SSSR count). The summed E-state index contributed by atoms with van der Waals surface area (Å²) in [4.78, 5) is 13.3. The van der Waals surface area contributed by atoms with Crippen LogP contribution in [0.4, 0.5) is 0 Å². The predicted octanol–water partition coefficient (Wildman–Crippen LogP) is 0.880. The molecule has 1 amide bonds. The zero-order chi connectivity index (χ0) is 13.0. The fraction of sp³-hybridized carbons (Fsp3) is 0.615. The van der Waals surface area contributed by atoms with Crippen LogP contribution in [-0.4, -0.2) is 36.5 Å². The molecule has 3 N–H and O–H groups in total. The lowest BCUT2D eigenvalue weighted by Crippen LogP contribution is -2.46. The van der Waals surface area contributed by atoms with E-state index in [1.807, 2.05) is 12.1 Å². The molecule has 1 aromatic rings. The van der Waals surface area contributed by atoms with E-state index in [2.05, 4.69) is 10.2 Å². The first-order chi connectivity index (χ1) is 8.70. The van der Waals surface area contributed by atoms with E-state index in [1.54, 1.807) is 13.2 Å². The smallest absolute Gasteiger partial charge is 0.217 e. The van der Waals surface area contributed by atoms with Gasteiger partial charge >= 0.3 is 0 Å². The van der Waals surface area contributed by atoms with E-state index in [9.17, 15) is 4.79 Å². The highest BCUT2D eigenvalue weighted by atomic mass is 16.3. The van der Waals surface area contributed by atoms with Gasteiger partial charge in [0.15, 0.2) is 0 Å². The second-order valence-electron chi connectivity index (χ2n) is 4.78. The van der Waals surface area contributed by atoms with E-state index in [4.69, 9.17) is 10.2 Å². The Morgan fingerprint density at radius 2 is 2.33 bits per heavy atom. The van der Waals surface area contributed by atoms with Gasteiger partial charge in [0.05, 0.1) is 12.3 Å². The molecule has 1 aromatic heterocycles. The van der Waals surface area contributed by atoms with Gasteiger partial charge in [0.2, 0.25) is 5.91 Å². The summed E-state index contributed by atoms with van der Waals surface area (Å²) in [5.74, 6) is 0.977. The molecule has 0 aliphatic carbocycles. The van der Waals surface area contributed by atoms with E-state index < -0.39 is 0 Å². The molecule has 18 heavy (non-hydrogen) atoms. The van der Waals surface area contributed by atoms with E-state index >= 15 is 0 Å². The highest BCUT2D eigenvalue weighted by Gasteiger charge is 2.26. The Hall–Kier alpha value is -1.33. The maximum absolute atomic E-state index is 11.0. The summed E-state index contributed by atoms with van der Waals surface area (Å²) in [7, 11) is 0. The number of hydrogen-bond acceptors (Lipinski definition) is 4. The summed E-state index contributed by atoms with van der Waals surface area (Å²) in [6.45, 7) is 4.00. The number of rotatable bonds is 4. The maximum atomic E-state index is 11.0. The van der Waals surface area contributed by atoms with E-state index in [0.29, 0.717) is 12.6 Å². The van der Waals surface area contributed by atoms with Gasteiger partial charge in [-0.05, 0) is 25.0 Å². The number of hydrogen-bond donors (Lipinski definition) is 2. The minimum atomic E-state index is 0.0508. The molecule has 5 nitrogen and oxygen atoms in total. The monoisotopic (exact) mass is 251 g/mol. The standard InChI is InChI=1S/C13H21N3O2/c1-10(17)15-11-4-6-16(7-5-11)12(9-14)13-3-2-8-18-13/h2-3,8,11-12H,4-7,9,14H2,1H3,(H,15,17). The Morgan fingerprint density at radius 1 is 1.61 bits per heavy atom. The number of carbonyl (C=O) groups excluding carboxylic acids is 1. The highest BCUT2D eigenvalue weighted by Crippen LogP contribution is 2.24. The summed E-state index contributed by atoms with van der Waals surface area (Å²) in [5, 5.41) is 2.97. The largest absolute Gasteiger partial charge is 0.468 e. The Labute approximate surface area is 107 Å². The highest BCUT2D eigenvalue weighted by molar-refractivity contribution is 5.73. The fourth-order valence-electron chi connectivity index (χ4n) is 2.57. The zero-order valence-corrected chi connectivity index (χ0v) is 10.8. The number of carbonyl (C=O) groups is 1. The van der Waals surface area contributed by atoms with Crippen LogP contribution in [0.2, 0.25) is 0 Å². The Bertz CT molecular complexity index is 370. The van der Waals surface area contributed by atoms with Crippen molar-refractivity contribution in [3.05, 3.63) is 24.2 Å². The summed E-state index contributed by atoms with van der Waals surface area (Å²) < 4.78 is 5.44. The molecule has 0 radical (unpaired) electrons. The third-order valence-electron chi connectivity index (χ3n) is 3.47. The van der Waals surface area contributed by atoms with Crippen LogP contribution < -0.4 is 11.1 Å². The first-order valence-electron chi connectivity index (χ1n) is 6.45. The van der Waals surface area contributed by atoms with E-state index in [-0.39, 0.29) is 11.9 Å². The molecule has 1 aliphatic rings. The average molecular weight is 251 g/mol. The van der Waals surface area contributed by atoms with Gasteiger partial charge in [-0.25, -0.2) is 0 Å². The number of amides is 1. The number of nitrogens with one attached hydrogen (secondary N) is 1. The number of furan rings is 1. The van der Waals surface area contributed by atoms with Crippen molar-refractivity contribution in [2.75, 3.05) is 19.6 Å². The van der Waals surface area contributed by atoms with Gasteiger partial charge < -0.3 is 15.5 Å². The summed E-state index contributed by atoms with van der Waals surface area (Å²) in [6.07, 6.45) is 3.62. The first-order valence-corrected chi connectivity index (χ1v) is 6.45. The molecule has 2 heterocycles. The second kappa shape index (κ2) is 6.02. The number of likely N-dealkylation sites (tertiary alicyclic amines) is 1. The molecule has 0 saturated carbocycles. The molecule has 1 atom stereocenters. The predicted molar refractivity (Wildman–Crippen MR) is 68.9 cm³/mol. The summed E-state index contributed by atoms with van der Waals surface area (Å²) in [5.41, 5.74) is 5.84. The molecule has 1 saturated heterocycles. The van der Waals surface area contributed by atoms with Crippen LogP contribution in [0.25, 0.3) is 0 Å². The van der Waals surface area contributed by atoms with E-state index in [1.165, 1.54) is 0 Å². The first kappa shape index (κ1) is 13.1. The van der Waals surface area contributed by atoms with Crippen molar-refractivity contribution >= 4 is 5.91 Å². The molecule has 0 spiro atoms. The van der Waals surface area contributed by atoms with Crippen molar-refractivity contribution in [2.45, 2.75) is 31.8 Å². The average Bonchev–Trinajstić information content (AvgIpc) is 2.85. The third kappa shape index (κ3) is 3.11. The lowest BCUT2D eigenvalue weighted by Gasteiger charge is -2.36. The quantitative estimate of drug-likeness (QED) is 0.833. The summed E-state index contributed by atoms with van der Waals surface area (Å²) >= 11 is 0. The van der Waals surface area contributed by atoms with Gasteiger partial charge in [-0.3, -0.25) is 9.69 Å². The van der Waals surface area contributed by atoms with Crippen molar-refractivity contribution in [3.8, 4) is 0 Å². The molecule has 0 aromatic carbocycles. The number of nitrogens with two attached hydrogens (primary N) is 1. The van der Waals surface area contributed by atoms with Gasteiger partial charge in [-0.15, -0.1) is 0 Å². The molecule has 0 bridgehead atoms. The number of piperidine rings is 1. The lowest BCUT2D eigenvalue weighted by molar-refractivity contribution is -0.120. The maximum Gasteiger partial charge on any atom is 0.217 e. The molecular formula is C13H21N3O2. The van der Waals surface area contributed by atoms with Crippen LogP contribution in [0.5, 0.6) is 0 Å². The topological polar surface area (TPSA) is 71.5 Å². The molecular weight excluding hydrogens is 230 g/mol. The minimum absolute atomic E-state index is 0.0508. The van der Waals surface area contributed by atoms with Crippen LogP contribution in [-0.2, 0) is 4.79 Å². The fourth-order valence-corrected chi connectivity index (χ4v) is 2.57. The zero-order valence-electron chi connectivity index (χ0n) is 10.8. The SMILES string of the molecule is CC(=O)NC1CCN(C(CN)c2ccco2)CC1. The van der Waals surface area contributed by atoms with Crippen molar-refractivity contribution in [2.24, 2.45) is 5.73 Å². The Morgan fingerprint density at radius 3 is 2.83 bits per heavy atom. The van der Waals surface area contributed by atoms with Crippen LogP contribution in [0.3, 0.4) is 0 Å². The van der Waals surface area contributed by atoms with Crippen molar-refractivity contribution < 1.29 is 9.21 Å². The third-order valence-corrected chi connectivity index (χ3v) is 3.47. The minimum Gasteiger partial charge on any atom is -0.468 e. The van der Waals surface area contributed by atoms with E-state index in [0.717, 1.165) is 31.7 Å². The van der Waals surface area contributed by atoms with Gasteiger partial charge in [-0.1, -0.05) is 0 Å². The van der Waals surface area contributed by atoms with Gasteiger partial charge in [0.25, 0.3) is 0 Å². The van der Waals surface area contributed by atoms with Crippen molar-refractivity contribution in [1.29, 1.82) is 0 Å². The Balaban J connectivity index is 1.90.